The van der Waals surface area contributed by atoms with Gasteiger partial charge < -0.3 is 24.3 Å². The summed E-state index contributed by atoms with van der Waals surface area (Å²) in [5.74, 6) is -0.868. The van der Waals surface area contributed by atoms with E-state index in [1.54, 1.807) is 0 Å². The van der Waals surface area contributed by atoms with E-state index in [1.807, 2.05) is 54.6 Å². The Bertz CT molecular complexity index is 1650. The quantitative estimate of drug-likeness (QED) is 0.292. The molecule has 2 aromatic carbocycles. The molecule has 0 bridgehead atoms. The van der Waals surface area contributed by atoms with Crippen molar-refractivity contribution in [2.24, 2.45) is 4.99 Å². The topological polar surface area (TPSA) is 119 Å². The van der Waals surface area contributed by atoms with Crippen LogP contribution in [0.4, 0.5) is 0 Å². The van der Waals surface area contributed by atoms with Crippen molar-refractivity contribution in [1.82, 2.24) is 15.0 Å². The molecule has 2 unspecified atom stereocenters. The summed E-state index contributed by atoms with van der Waals surface area (Å²) in [4.78, 5) is 28.1. The highest BCUT2D eigenvalue weighted by Crippen LogP contribution is 2.42. The number of ether oxygens (including phenoxy) is 3. The van der Waals surface area contributed by atoms with Gasteiger partial charge in [0.2, 0.25) is 0 Å². The normalized spacial score (nSPS) is 25.4. The van der Waals surface area contributed by atoms with Crippen LogP contribution < -0.4 is 4.74 Å². The summed E-state index contributed by atoms with van der Waals surface area (Å²) in [6, 6.07) is 17.6. The zero-order valence-corrected chi connectivity index (χ0v) is 23.2. The zero-order valence-electron chi connectivity index (χ0n) is 22.5. The number of hydrogen-bond acceptors (Lipinski definition) is 7. The number of aliphatic carboxylic acids is 1. The number of aliphatic imine (C=N–C) groups is 1. The van der Waals surface area contributed by atoms with Crippen molar-refractivity contribution < 1.29 is 24.1 Å². The molecule has 0 spiro atoms. The molecule has 5 heterocycles. The molecular weight excluding hydrogens is 544 g/mol. The molecule has 2 aromatic heterocycles. The molecule has 2 saturated heterocycles. The number of halogens is 1. The SMILES string of the molecule is CC[C@]12OCC[C@H]1OCC2Oc1nc2nc(-c3ccc(-c4ccc(C5=NC(C(=O)O)CC5)cc4)cc3)c(Cl)cc2[nH]1. The number of nitrogens with zero attached hydrogens (tertiary/aromatic N) is 3. The maximum absolute atomic E-state index is 11.2. The van der Waals surface area contributed by atoms with Gasteiger partial charge in [0.15, 0.2) is 11.8 Å². The summed E-state index contributed by atoms with van der Waals surface area (Å²) >= 11 is 6.66. The fraction of sp³-hybridized carbons (Fsp3) is 0.355. The van der Waals surface area contributed by atoms with Crippen molar-refractivity contribution in [2.45, 2.75) is 56.5 Å². The molecule has 2 N–H and O–H groups in total. The second-order valence-electron chi connectivity index (χ2n) is 10.7. The second kappa shape index (κ2) is 10.2. The van der Waals surface area contributed by atoms with Gasteiger partial charge in [0, 0.05) is 11.3 Å². The van der Waals surface area contributed by atoms with Gasteiger partial charge in [0.25, 0.3) is 6.01 Å². The molecule has 0 amide bonds. The molecule has 3 aliphatic heterocycles. The standard InChI is InChI=1S/C31H29ClN4O5/c1-2-31-25(13-14-40-31)39-16-26(31)41-30-34-24-15-21(32)27(35-28(24)36-30)20-9-5-18(6-10-20)17-3-7-19(8-4-17)22-11-12-23(33-22)29(37)38/h3-10,15,23,25-26H,2,11-14,16H2,1H3,(H,37,38)(H,34,35,36)/t23?,25-,26?,31+/m1/s1. The zero-order chi connectivity index (χ0) is 28.1. The van der Waals surface area contributed by atoms with E-state index in [9.17, 15) is 9.90 Å². The number of aromatic amines is 1. The van der Waals surface area contributed by atoms with Crippen LogP contribution in [0, 0.1) is 0 Å². The number of carboxylic acid groups (broad SMARTS) is 1. The first-order valence-corrected chi connectivity index (χ1v) is 14.3. The maximum Gasteiger partial charge on any atom is 0.328 e. The first-order chi connectivity index (χ1) is 19.9. The van der Waals surface area contributed by atoms with Gasteiger partial charge in [-0.25, -0.2) is 9.78 Å². The molecule has 10 heteroatoms. The Kier molecular flexibility index (Phi) is 6.53. The Hall–Kier alpha value is -3.79. The Morgan fingerprint density at radius 1 is 1.07 bits per heavy atom. The molecule has 4 atom stereocenters. The molecule has 0 radical (unpaired) electrons. The van der Waals surface area contributed by atoms with E-state index in [0.29, 0.717) is 53.9 Å². The lowest BCUT2D eigenvalue weighted by Crippen LogP contribution is -2.47. The van der Waals surface area contributed by atoms with Crippen LogP contribution in [-0.4, -0.2) is 68.8 Å². The van der Waals surface area contributed by atoms with E-state index in [1.165, 1.54) is 0 Å². The first kappa shape index (κ1) is 26.1. The van der Waals surface area contributed by atoms with Crippen molar-refractivity contribution >= 4 is 34.4 Å². The Balaban J connectivity index is 1.09. The first-order valence-electron chi connectivity index (χ1n) is 13.9. The van der Waals surface area contributed by atoms with Crippen molar-refractivity contribution in [3.05, 3.63) is 65.2 Å². The van der Waals surface area contributed by atoms with Gasteiger partial charge in [-0.05, 0) is 48.4 Å². The van der Waals surface area contributed by atoms with Gasteiger partial charge >= 0.3 is 5.97 Å². The summed E-state index contributed by atoms with van der Waals surface area (Å²) in [5, 5.41) is 9.71. The summed E-state index contributed by atoms with van der Waals surface area (Å²) in [5.41, 5.74) is 6.19. The van der Waals surface area contributed by atoms with Crippen LogP contribution in [0.3, 0.4) is 0 Å². The van der Waals surface area contributed by atoms with E-state index in [4.69, 9.17) is 30.8 Å². The van der Waals surface area contributed by atoms with E-state index in [-0.39, 0.29) is 12.2 Å². The van der Waals surface area contributed by atoms with Crippen LogP contribution >= 0.6 is 11.6 Å². The molecular formula is C31H29ClN4O5. The van der Waals surface area contributed by atoms with Crippen LogP contribution in [0.15, 0.2) is 59.6 Å². The lowest BCUT2D eigenvalue weighted by molar-refractivity contribution is -0.138. The third-order valence-corrected chi connectivity index (χ3v) is 8.75. The molecule has 4 aromatic rings. The lowest BCUT2D eigenvalue weighted by Gasteiger charge is -2.30. The third kappa shape index (κ3) is 4.58. The average molecular weight is 573 g/mol. The minimum Gasteiger partial charge on any atom is -0.480 e. The molecule has 0 aliphatic carbocycles. The van der Waals surface area contributed by atoms with Gasteiger partial charge in [-0.2, -0.15) is 4.98 Å². The molecule has 2 fully saturated rings. The van der Waals surface area contributed by atoms with E-state index < -0.39 is 17.6 Å². The van der Waals surface area contributed by atoms with Gasteiger partial charge in [0.1, 0.15) is 11.6 Å². The van der Waals surface area contributed by atoms with Crippen molar-refractivity contribution in [3.63, 3.8) is 0 Å². The number of aromatic nitrogens is 3. The predicted octanol–water partition coefficient (Wildman–Crippen LogP) is 5.70. The highest BCUT2D eigenvalue weighted by Gasteiger charge is 2.56. The Morgan fingerprint density at radius 2 is 1.78 bits per heavy atom. The number of hydrogen-bond donors (Lipinski definition) is 2. The van der Waals surface area contributed by atoms with Gasteiger partial charge in [0.05, 0.1) is 35.6 Å². The predicted molar refractivity (Wildman–Crippen MR) is 155 cm³/mol. The number of fused-ring (bicyclic) bond motifs is 2. The smallest absolute Gasteiger partial charge is 0.328 e. The maximum atomic E-state index is 11.2. The van der Waals surface area contributed by atoms with Crippen molar-refractivity contribution in [3.8, 4) is 28.4 Å². The summed E-state index contributed by atoms with van der Waals surface area (Å²) in [6.07, 6.45) is 2.71. The van der Waals surface area contributed by atoms with Crippen LogP contribution in [0.1, 0.15) is 38.2 Å². The number of rotatable bonds is 7. The fourth-order valence-electron chi connectivity index (χ4n) is 6.21. The average Bonchev–Trinajstić information content (AvgIpc) is 3.77. The highest BCUT2D eigenvalue weighted by atomic mass is 35.5. The second-order valence-corrected chi connectivity index (χ2v) is 11.1. The number of benzene rings is 2. The van der Waals surface area contributed by atoms with Crippen LogP contribution in [0.2, 0.25) is 5.02 Å². The highest BCUT2D eigenvalue weighted by molar-refractivity contribution is 6.33. The molecule has 3 aliphatic rings. The number of carboxylic acids is 1. The third-order valence-electron chi connectivity index (χ3n) is 8.46. The number of pyridine rings is 1. The largest absolute Gasteiger partial charge is 0.480 e. The van der Waals surface area contributed by atoms with E-state index >= 15 is 0 Å². The Labute approximate surface area is 241 Å². The fourth-order valence-corrected chi connectivity index (χ4v) is 6.47. The number of imidazole rings is 1. The van der Waals surface area contributed by atoms with Gasteiger partial charge in [-0.1, -0.05) is 67.1 Å². The molecule has 0 saturated carbocycles. The summed E-state index contributed by atoms with van der Waals surface area (Å²) in [6.45, 7) is 3.23. The minimum atomic E-state index is -0.868. The number of nitrogens with one attached hydrogen (secondary N) is 1. The molecule has 9 nitrogen and oxygen atoms in total. The van der Waals surface area contributed by atoms with E-state index in [0.717, 1.165) is 40.8 Å². The van der Waals surface area contributed by atoms with Gasteiger partial charge in [-0.15, -0.1) is 0 Å². The van der Waals surface area contributed by atoms with Gasteiger partial charge in [-0.3, -0.25) is 4.99 Å². The number of H-pyrrole nitrogens is 1. The van der Waals surface area contributed by atoms with E-state index in [2.05, 4.69) is 21.9 Å². The van der Waals surface area contributed by atoms with Crippen LogP contribution in [-0.2, 0) is 14.3 Å². The summed E-state index contributed by atoms with van der Waals surface area (Å²) in [7, 11) is 0. The number of carbonyl (C=O) groups is 1. The molecule has 7 rings (SSSR count). The van der Waals surface area contributed by atoms with Crippen molar-refractivity contribution in [1.29, 1.82) is 0 Å². The molecule has 210 valence electrons. The lowest BCUT2D eigenvalue weighted by atomic mass is 9.90. The van der Waals surface area contributed by atoms with Crippen LogP contribution in [0.5, 0.6) is 6.01 Å². The van der Waals surface area contributed by atoms with Crippen molar-refractivity contribution in [2.75, 3.05) is 13.2 Å². The Morgan fingerprint density at radius 3 is 2.46 bits per heavy atom. The molecule has 41 heavy (non-hydrogen) atoms. The summed E-state index contributed by atoms with van der Waals surface area (Å²) < 4.78 is 18.3. The monoisotopic (exact) mass is 572 g/mol. The van der Waals surface area contributed by atoms with Crippen LogP contribution in [0.25, 0.3) is 33.5 Å². The minimum absolute atomic E-state index is 0.0511.